The molecule has 0 radical (unpaired) electrons. The molecule has 2 aromatic rings. The highest BCUT2D eigenvalue weighted by Gasteiger charge is 2.26. The standard InChI is InChI=1S/C19H25N5O2/c1-3-26-17-7-5-16(6-8-17)22-18(25)15(2)23-11-13-24(14-12-23)19-20-9-4-10-21-19/h4-10,15H,3,11-14H2,1-2H3,(H,22,25)/t15-/m1/s1. The molecule has 138 valence electrons. The van der Waals surface area contributed by atoms with Crippen LogP contribution in [-0.4, -0.2) is 59.6 Å². The molecule has 1 fully saturated rings. The number of anilines is 2. The fraction of sp³-hybridized carbons (Fsp3) is 0.421. The van der Waals surface area contributed by atoms with E-state index < -0.39 is 0 Å². The van der Waals surface area contributed by atoms with Crippen molar-refractivity contribution in [2.24, 2.45) is 0 Å². The first-order valence-corrected chi connectivity index (χ1v) is 8.97. The van der Waals surface area contributed by atoms with E-state index >= 15 is 0 Å². The van der Waals surface area contributed by atoms with E-state index in [0.717, 1.165) is 43.6 Å². The average Bonchev–Trinajstić information content (AvgIpc) is 2.70. The molecule has 1 saturated heterocycles. The number of aromatic nitrogens is 2. The van der Waals surface area contributed by atoms with Crippen LogP contribution in [0.15, 0.2) is 42.7 Å². The molecule has 1 aromatic heterocycles. The van der Waals surface area contributed by atoms with Gasteiger partial charge in [-0.25, -0.2) is 9.97 Å². The van der Waals surface area contributed by atoms with Crippen LogP contribution in [0, 0.1) is 0 Å². The first-order chi connectivity index (χ1) is 12.7. The summed E-state index contributed by atoms with van der Waals surface area (Å²) in [6, 6.07) is 9.07. The largest absolute Gasteiger partial charge is 0.494 e. The van der Waals surface area contributed by atoms with Gasteiger partial charge in [0.2, 0.25) is 11.9 Å². The van der Waals surface area contributed by atoms with Crippen molar-refractivity contribution in [2.75, 3.05) is 43.0 Å². The SMILES string of the molecule is CCOc1ccc(NC(=O)[C@@H](C)N2CCN(c3ncccn3)CC2)cc1. The van der Waals surface area contributed by atoms with Crippen LogP contribution in [0.5, 0.6) is 5.75 Å². The normalized spacial score (nSPS) is 16.2. The molecule has 1 aliphatic heterocycles. The van der Waals surface area contributed by atoms with E-state index in [1.807, 2.05) is 44.2 Å². The maximum atomic E-state index is 12.6. The highest BCUT2D eigenvalue weighted by Crippen LogP contribution is 2.17. The van der Waals surface area contributed by atoms with Crippen LogP contribution in [0.3, 0.4) is 0 Å². The van der Waals surface area contributed by atoms with Gasteiger partial charge in [0.25, 0.3) is 0 Å². The Balaban J connectivity index is 1.51. The van der Waals surface area contributed by atoms with Crippen molar-refractivity contribution in [3.63, 3.8) is 0 Å². The molecule has 7 nitrogen and oxygen atoms in total. The van der Waals surface area contributed by atoms with E-state index in [9.17, 15) is 4.79 Å². The number of ether oxygens (including phenoxy) is 1. The molecule has 0 bridgehead atoms. The maximum absolute atomic E-state index is 12.6. The monoisotopic (exact) mass is 355 g/mol. The lowest BCUT2D eigenvalue weighted by atomic mass is 10.2. The molecule has 26 heavy (non-hydrogen) atoms. The van der Waals surface area contributed by atoms with Gasteiger partial charge in [-0.3, -0.25) is 9.69 Å². The zero-order valence-corrected chi connectivity index (χ0v) is 15.3. The zero-order valence-electron chi connectivity index (χ0n) is 15.3. The zero-order chi connectivity index (χ0) is 18.4. The van der Waals surface area contributed by atoms with Crippen molar-refractivity contribution < 1.29 is 9.53 Å². The van der Waals surface area contributed by atoms with Gasteiger partial charge in [0.05, 0.1) is 12.6 Å². The van der Waals surface area contributed by atoms with E-state index in [-0.39, 0.29) is 11.9 Å². The van der Waals surface area contributed by atoms with Crippen molar-refractivity contribution in [3.8, 4) is 5.75 Å². The van der Waals surface area contributed by atoms with Gasteiger partial charge in [0.15, 0.2) is 0 Å². The third-order valence-electron chi connectivity index (χ3n) is 4.51. The number of nitrogens with one attached hydrogen (secondary N) is 1. The summed E-state index contributed by atoms with van der Waals surface area (Å²) in [5.74, 6) is 1.55. The third kappa shape index (κ3) is 4.49. The summed E-state index contributed by atoms with van der Waals surface area (Å²) < 4.78 is 5.42. The Kier molecular flexibility index (Phi) is 6.01. The second-order valence-corrected chi connectivity index (χ2v) is 6.19. The molecule has 1 aliphatic rings. The molecule has 0 spiro atoms. The number of carbonyl (C=O) groups excluding carboxylic acids is 1. The lowest BCUT2D eigenvalue weighted by Gasteiger charge is -2.37. The Bertz CT molecular complexity index is 700. The Hall–Kier alpha value is -2.67. The molecule has 7 heteroatoms. The maximum Gasteiger partial charge on any atom is 0.241 e. The number of hydrogen-bond acceptors (Lipinski definition) is 6. The summed E-state index contributed by atoms with van der Waals surface area (Å²) in [5.41, 5.74) is 0.779. The lowest BCUT2D eigenvalue weighted by Crippen LogP contribution is -2.53. The second kappa shape index (κ2) is 8.62. The molecule has 0 saturated carbocycles. The predicted molar refractivity (Wildman–Crippen MR) is 102 cm³/mol. The van der Waals surface area contributed by atoms with Crippen LogP contribution in [-0.2, 0) is 4.79 Å². The molecule has 1 N–H and O–H groups in total. The number of amides is 1. The minimum absolute atomic E-state index is 0.00132. The van der Waals surface area contributed by atoms with Crippen molar-refractivity contribution in [2.45, 2.75) is 19.9 Å². The molecular formula is C19H25N5O2. The number of benzene rings is 1. The molecule has 3 rings (SSSR count). The number of nitrogens with zero attached hydrogens (tertiary/aromatic N) is 4. The second-order valence-electron chi connectivity index (χ2n) is 6.19. The smallest absolute Gasteiger partial charge is 0.241 e. The molecule has 1 amide bonds. The van der Waals surface area contributed by atoms with Crippen LogP contribution >= 0.6 is 0 Å². The topological polar surface area (TPSA) is 70.6 Å². The van der Waals surface area contributed by atoms with Crippen LogP contribution in [0.4, 0.5) is 11.6 Å². The van der Waals surface area contributed by atoms with E-state index in [1.54, 1.807) is 12.4 Å². The summed E-state index contributed by atoms with van der Waals surface area (Å²) in [4.78, 5) is 25.5. The van der Waals surface area contributed by atoms with Gasteiger partial charge in [-0.15, -0.1) is 0 Å². The van der Waals surface area contributed by atoms with Crippen molar-refractivity contribution >= 4 is 17.5 Å². The van der Waals surface area contributed by atoms with Gasteiger partial charge in [-0.2, -0.15) is 0 Å². The van der Waals surface area contributed by atoms with Gasteiger partial charge in [-0.05, 0) is 44.2 Å². The molecule has 1 atom stereocenters. The van der Waals surface area contributed by atoms with Crippen molar-refractivity contribution in [1.82, 2.24) is 14.9 Å². The number of rotatable bonds is 6. The Morgan fingerprint density at radius 2 is 1.81 bits per heavy atom. The summed E-state index contributed by atoms with van der Waals surface area (Å²) in [5, 5.41) is 2.98. The fourth-order valence-corrected chi connectivity index (χ4v) is 2.98. The fourth-order valence-electron chi connectivity index (χ4n) is 2.98. The van der Waals surface area contributed by atoms with Crippen LogP contribution in [0.2, 0.25) is 0 Å². The Morgan fingerprint density at radius 3 is 2.42 bits per heavy atom. The van der Waals surface area contributed by atoms with Crippen molar-refractivity contribution in [1.29, 1.82) is 0 Å². The molecule has 1 aromatic carbocycles. The van der Waals surface area contributed by atoms with E-state index in [1.165, 1.54) is 0 Å². The summed E-state index contributed by atoms with van der Waals surface area (Å²) in [6.45, 7) is 7.74. The minimum Gasteiger partial charge on any atom is -0.494 e. The molecule has 2 heterocycles. The molecule has 0 aliphatic carbocycles. The first-order valence-electron chi connectivity index (χ1n) is 8.97. The first kappa shape index (κ1) is 18.1. The van der Waals surface area contributed by atoms with E-state index in [4.69, 9.17) is 4.74 Å². The summed E-state index contributed by atoms with van der Waals surface area (Å²) in [6.07, 6.45) is 3.50. The Labute approximate surface area is 154 Å². The highest BCUT2D eigenvalue weighted by atomic mass is 16.5. The number of hydrogen-bond donors (Lipinski definition) is 1. The summed E-state index contributed by atoms with van der Waals surface area (Å²) >= 11 is 0. The average molecular weight is 355 g/mol. The van der Waals surface area contributed by atoms with Crippen LogP contribution in [0.1, 0.15) is 13.8 Å². The van der Waals surface area contributed by atoms with Crippen LogP contribution < -0.4 is 15.0 Å². The minimum atomic E-state index is -0.194. The quantitative estimate of drug-likeness (QED) is 0.855. The number of piperazine rings is 1. The van der Waals surface area contributed by atoms with E-state index in [0.29, 0.717) is 6.61 Å². The molecule has 0 unspecified atom stereocenters. The highest BCUT2D eigenvalue weighted by molar-refractivity contribution is 5.94. The lowest BCUT2D eigenvalue weighted by molar-refractivity contribution is -0.120. The molecular weight excluding hydrogens is 330 g/mol. The third-order valence-corrected chi connectivity index (χ3v) is 4.51. The number of carbonyl (C=O) groups is 1. The van der Waals surface area contributed by atoms with Gasteiger partial charge in [-0.1, -0.05) is 0 Å². The van der Waals surface area contributed by atoms with Gasteiger partial charge in [0, 0.05) is 44.3 Å². The van der Waals surface area contributed by atoms with Crippen molar-refractivity contribution in [3.05, 3.63) is 42.7 Å². The van der Waals surface area contributed by atoms with Gasteiger partial charge >= 0.3 is 0 Å². The van der Waals surface area contributed by atoms with Gasteiger partial charge < -0.3 is 15.0 Å². The predicted octanol–water partition coefficient (Wildman–Crippen LogP) is 2.02. The van der Waals surface area contributed by atoms with Gasteiger partial charge in [0.1, 0.15) is 5.75 Å². The van der Waals surface area contributed by atoms with Crippen LogP contribution in [0.25, 0.3) is 0 Å². The summed E-state index contributed by atoms with van der Waals surface area (Å²) in [7, 11) is 0. The van der Waals surface area contributed by atoms with E-state index in [2.05, 4.69) is 25.1 Å². The Morgan fingerprint density at radius 1 is 1.15 bits per heavy atom.